The van der Waals surface area contributed by atoms with E-state index in [0.717, 1.165) is 21.9 Å². The number of carbonyl (C=O) groups is 2. The molecule has 5 rings (SSSR count). The molecule has 0 aromatic heterocycles. The average Bonchev–Trinajstić information content (AvgIpc) is 2.78. The molecule has 2 aliphatic rings. The molecule has 0 aliphatic carbocycles. The number of Topliss-reactive ketones (excluding diaryl/α,β-unsaturated/α-hetero) is 1. The lowest BCUT2D eigenvalue weighted by atomic mass is 9.82. The van der Waals surface area contributed by atoms with Gasteiger partial charge in [0.1, 0.15) is 18.0 Å². The van der Waals surface area contributed by atoms with Gasteiger partial charge in [0.25, 0.3) is 0 Å². The molecule has 0 bridgehead atoms. The Morgan fingerprint density at radius 2 is 1.81 bits per heavy atom. The van der Waals surface area contributed by atoms with Crippen LogP contribution in [-0.4, -0.2) is 35.5 Å². The minimum absolute atomic E-state index is 0.116. The molecule has 3 aromatic carbocycles. The number of benzene rings is 3. The van der Waals surface area contributed by atoms with Gasteiger partial charge in [-0.2, -0.15) is 0 Å². The number of amides is 1. The van der Waals surface area contributed by atoms with E-state index in [9.17, 15) is 9.59 Å². The molecule has 1 saturated heterocycles. The summed E-state index contributed by atoms with van der Waals surface area (Å²) in [5.41, 5.74) is 2.20. The molecule has 3 aromatic rings. The Kier molecular flexibility index (Phi) is 4.89. The van der Waals surface area contributed by atoms with Crippen LogP contribution in [0.5, 0.6) is 5.75 Å². The fraction of sp³-hybridized carbons (Fsp3) is 0.308. The summed E-state index contributed by atoms with van der Waals surface area (Å²) in [4.78, 5) is 27.2. The van der Waals surface area contributed by atoms with Crippen LogP contribution in [0.15, 0.2) is 60.7 Å². The molecule has 0 atom stereocenters. The molecule has 0 N–H and O–H groups in total. The largest absolute Gasteiger partial charge is 0.485 e. The predicted molar refractivity (Wildman–Crippen MR) is 118 cm³/mol. The Morgan fingerprint density at radius 3 is 2.58 bits per heavy atom. The second kappa shape index (κ2) is 7.73. The Hall–Kier alpha value is -3.34. The summed E-state index contributed by atoms with van der Waals surface area (Å²) < 4.78 is 12.0. The van der Waals surface area contributed by atoms with Crippen LogP contribution in [-0.2, 0) is 11.3 Å². The van der Waals surface area contributed by atoms with Crippen molar-refractivity contribution in [3.8, 4) is 5.75 Å². The first-order chi connectivity index (χ1) is 15.0. The quantitative estimate of drug-likeness (QED) is 0.571. The lowest BCUT2D eigenvalue weighted by Crippen LogP contribution is -2.52. The van der Waals surface area contributed by atoms with E-state index in [2.05, 4.69) is 18.2 Å². The highest BCUT2D eigenvalue weighted by molar-refractivity contribution is 6.06. The molecular weight excluding hydrogens is 390 g/mol. The maximum absolute atomic E-state index is 13.0. The third-order valence-electron chi connectivity index (χ3n) is 6.37. The third kappa shape index (κ3) is 3.76. The highest BCUT2D eigenvalue weighted by Gasteiger charge is 2.44. The molecule has 1 spiro atoms. The first-order valence-electron chi connectivity index (χ1n) is 10.7. The van der Waals surface area contributed by atoms with Crippen molar-refractivity contribution in [3.05, 3.63) is 77.4 Å². The monoisotopic (exact) mass is 415 g/mol. The number of hydrogen-bond donors (Lipinski definition) is 0. The maximum atomic E-state index is 13.0. The molecule has 2 heterocycles. The van der Waals surface area contributed by atoms with E-state index in [1.165, 1.54) is 0 Å². The summed E-state index contributed by atoms with van der Waals surface area (Å²) in [5.74, 6) is 0.808. The Balaban J connectivity index is 1.30. The van der Waals surface area contributed by atoms with Crippen LogP contribution < -0.4 is 4.74 Å². The van der Waals surface area contributed by atoms with E-state index in [0.29, 0.717) is 43.7 Å². The normalized spacial score (nSPS) is 17.3. The Labute approximate surface area is 181 Å². The number of rotatable bonds is 2. The summed E-state index contributed by atoms with van der Waals surface area (Å²) in [6.45, 7) is 3.33. The summed E-state index contributed by atoms with van der Waals surface area (Å²) in [7, 11) is 0. The fourth-order valence-electron chi connectivity index (χ4n) is 4.56. The van der Waals surface area contributed by atoms with Crippen LogP contribution in [0.25, 0.3) is 10.8 Å². The first kappa shape index (κ1) is 19.6. The number of carbonyl (C=O) groups excluding carboxylic acids is 2. The predicted octanol–water partition coefficient (Wildman–Crippen LogP) is 5.28. The van der Waals surface area contributed by atoms with Crippen LogP contribution in [0, 0.1) is 6.92 Å². The number of ketones is 1. The van der Waals surface area contributed by atoms with Crippen LogP contribution in [0.2, 0.25) is 0 Å². The van der Waals surface area contributed by atoms with Crippen molar-refractivity contribution in [1.29, 1.82) is 0 Å². The van der Waals surface area contributed by atoms with Gasteiger partial charge in [-0.05, 0) is 30.0 Å². The van der Waals surface area contributed by atoms with Crippen molar-refractivity contribution in [2.24, 2.45) is 0 Å². The smallest absolute Gasteiger partial charge is 0.410 e. The van der Waals surface area contributed by atoms with Crippen molar-refractivity contribution in [2.45, 2.75) is 38.4 Å². The summed E-state index contributed by atoms with van der Waals surface area (Å²) in [6, 6.07) is 19.7. The fourth-order valence-corrected chi connectivity index (χ4v) is 4.56. The summed E-state index contributed by atoms with van der Waals surface area (Å²) in [6.07, 6.45) is 1.26. The number of likely N-dealkylation sites (tertiary alicyclic amines) is 1. The average molecular weight is 415 g/mol. The molecule has 0 radical (unpaired) electrons. The molecular formula is C26H25NO4. The summed E-state index contributed by atoms with van der Waals surface area (Å²) in [5, 5.41) is 2.05. The van der Waals surface area contributed by atoms with Gasteiger partial charge in [-0.1, -0.05) is 54.1 Å². The van der Waals surface area contributed by atoms with Crippen molar-refractivity contribution in [3.63, 3.8) is 0 Å². The lowest BCUT2D eigenvalue weighted by Gasteiger charge is -2.43. The van der Waals surface area contributed by atoms with Gasteiger partial charge in [0.2, 0.25) is 0 Å². The van der Waals surface area contributed by atoms with Crippen LogP contribution in [0.3, 0.4) is 0 Å². The Bertz CT molecular complexity index is 1150. The zero-order valence-electron chi connectivity index (χ0n) is 17.6. The standard InChI is InChI=1S/C26H25NO4/c1-18-7-8-20-9-10-21-23(28)16-26(31-24(21)22(20)15-18)11-13-27(14-12-26)25(29)30-17-19-5-3-2-4-6-19/h2-10,15H,11-14,16-17H2,1H3. The highest BCUT2D eigenvalue weighted by atomic mass is 16.6. The van der Waals surface area contributed by atoms with Gasteiger partial charge >= 0.3 is 6.09 Å². The van der Waals surface area contributed by atoms with Crippen LogP contribution >= 0.6 is 0 Å². The van der Waals surface area contributed by atoms with Crippen molar-refractivity contribution in [2.75, 3.05) is 13.1 Å². The number of nitrogens with zero attached hydrogens (tertiary/aromatic N) is 1. The topological polar surface area (TPSA) is 55.8 Å². The second-order valence-electron chi connectivity index (χ2n) is 8.58. The Morgan fingerprint density at radius 1 is 1.06 bits per heavy atom. The van der Waals surface area contributed by atoms with E-state index in [-0.39, 0.29) is 18.5 Å². The van der Waals surface area contributed by atoms with Gasteiger partial charge in [0.15, 0.2) is 5.78 Å². The maximum Gasteiger partial charge on any atom is 0.410 e. The van der Waals surface area contributed by atoms with Gasteiger partial charge < -0.3 is 14.4 Å². The van der Waals surface area contributed by atoms with E-state index in [1.807, 2.05) is 49.4 Å². The van der Waals surface area contributed by atoms with Gasteiger partial charge in [-0.25, -0.2) is 4.79 Å². The van der Waals surface area contributed by atoms with E-state index >= 15 is 0 Å². The molecule has 0 saturated carbocycles. The SMILES string of the molecule is Cc1ccc2ccc3c(c2c1)OC1(CCN(C(=O)OCc2ccccc2)CC1)CC3=O. The second-order valence-corrected chi connectivity index (χ2v) is 8.58. The zero-order valence-corrected chi connectivity index (χ0v) is 17.6. The lowest BCUT2D eigenvalue weighted by molar-refractivity contribution is -0.00885. The zero-order chi connectivity index (χ0) is 21.4. The highest BCUT2D eigenvalue weighted by Crippen LogP contribution is 2.43. The van der Waals surface area contributed by atoms with Gasteiger partial charge in [-0.15, -0.1) is 0 Å². The number of fused-ring (bicyclic) bond motifs is 3. The van der Waals surface area contributed by atoms with E-state index in [1.54, 1.807) is 4.90 Å². The minimum Gasteiger partial charge on any atom is -0.485 e. The minimum atomic E-state index is -0.557. The first-order valence-corrected chi connectivity index (χ1v) is 10.7. The summed E-state index contributed by atoms with van der Waals surface area (Å²) >= 11 is 0. The van der Waals surface area contributed by atoms with Crippen LogP contribution in [0.4, 0.5) is 4.79 Å². The number of hydrogen-bond acceptors (Lipinski definition) is 4. The number of piperidine rings is 1. The van der Waals surface area contributed by atoms with Gasteiger partial charge in [0, 0.05) is 31.3 Å². The number of aryl methyl sites for hydroxylation is 1. The van der Waals surface area contributed by atoms with E-state index < -0.39 is 5.60 Å². The molecule has 5 heteroatoms. The molecule has 158 valence electrons. The number of ether oxygens (including phenoxy) is 2. The van der Waals surface area contributed by atoms with Crippen LogP contribution in [0.1, 0.15) is 40.7 Å². The third-order valence-corrected chi connectivity index (χ3v) is 6.37. The van der Waals surface area contributed by atoms with Gasteiger partial charge in [-0.3, -0.25) is 4.79 Å². The molecule has 1 amide bonds. The van der Waals surface area contributed by atoms with Crippen molar-refractivity contribution >= 4 is 22.6 Å². The molecule has 0 unspecified atom stereocenters. The molecule has 1 fully saturated rings. The molecule has 2 aliphatic heterocycles. The molecule has 5 nitrogen and oxygen atoms in total. The molecule has 31 heavy (non-hydrogen) atoms. The van der Waals surface area contributed by atoms with E-state index in [4.69, 9.17) is 9.47 Å². The van der Waals surface area contributed by atoms with Crippen molar-refractivity contribution < 1.29 is 19.1 Å². The van der Waals surface area contributed by atoms with Crippen molar-refractivity contribution in [1.82, 2.24) is 4.90 Å². The van der Waals surface area contributed by atoms with Gasteiger partial charge in [0.05, 0.1) is 12.0 Å².